The number of hydrogen-bond acceptors (Lipinski definition) is 4. The molecule has 0 radical (unpaired) electrons. The maximum atomic E-state index is 8.75. The minimum Gasteiger partial charge on any atom is -0.475 e. The molecule has 0 aliphatic rings. The van der Waals surface area contributed by atoms with Crippen LogP contribution in [0.2, 0.25) is 0 Å². The fourth-order valence-electron chi connectivity index (χ4n) is 0.778. The Labute approximate surface area is 70.4 Å². The van der Waals surface area contributed by atoms with Crippen LogP contribution in [0.4, 0.5) is 0 Å². The van der Waals surface area contributed by atoms with Gasteiger partial charge in [0.25, 0.3) is 0 Å². The van der Waals surface area contributed by atoms with Gasteiger partial charge in [-0.1, -0.05) is 0 Å². The fourth-order valence-corrected chi connectivity index (χ4v) is 0.778. The average Bonchev–Trinajstić information content (AvgIpc) is 2.15. The van der Waals surface area contributed by atoms with Crippen molar-refractivity contribution < 1.29 is 14.9 Å². The summed E-state index contributed by atoms with van der Waals surface area (Å²) < 4.78 is 5.03. The van der Waals surface area contributed by atoms with Gasteiger partial charge in [0.05, 0.1) is 13.2 Å². The number of nitrogens with zero attached hydrogens (tertiary/aromatic N) is 1. The quantitative estimate of drug-likeness (QED) is 0.663. The summed E-state index contributed by atoms with van der Waals surface area (Å²) in [7, 11) is 0. The maximum absolute atomic E-state index is 8.75. The Morgan fingerprint density at radius 3 is 2.92 bits per heavy atom. The zero-order valence-electron chi connectivity index (χ0n) is 6.60. The highest BCUT2D eigenvalue weighted by molar-refractivity contribution is 5.19. The van der Waals surface area contributed by atoms with E-state index in [1.165, 1.54) is 0 Å². The van der Waals surface area contributed by atoms with Crippen molar-refractivity contribution in [3.05, 3.63) is 23.9 Å². The molecule has 0 spiro atoms. The summed E-state index contributed by atoms with van der Waals surface area (Å²) in [6.45, 7) is 0.158. The van der Waals surface area contributed by atoms with Gasteiger partial charge in [-0.3, -0.25) is 0 Å². The molecule has 4 heteroatoms. The molecule has 0 atom stereocenters. The zero-order chi connectivity index (χ0) is 8.81. The first-order chi connectivity index (χ1) is 5.86. The standard InChI is InChI=1S/C8H11NO3/c10-3-4-12-8-5-7(6-11)1-2-9-8/h1-2,5,10-11H,3-4,6H2. The second kappa shape index (κ2) is 4.69. The minimum atomic E-state index is -0.0367. The summed E-state index contributed by atoms with van der Waals surface area (Å²) in [6, 6.07) is 3.33. The Bertz CT molecular complexity index is 239. The summed E-state index contributed by atoms with van der Waals surface area (Å²) in [5.74, 6) is 0.426. The maximum Gasteiger partial charge on any atom is 0.213 e. The van der Waals surface area contributed by atoms with Gasteiger partial charge in [0.15, 0.2) is 0 Å². The monoisotopic (exact) mass is 169 g/mol. The van der Waals surface area contributed by atoms with Crippen molar-refractivity contribution in [1.82, 2.24) is 4.98 Å². The highest BCUT2D eigenvalue weighted by Gasteiger charge is 1.95. The van der Waals surface area contributed by atoms with Gasteiger partial charge in [0.1, 0.15) is 6.61 Å². The third-order valence-corrected chi connectivity index (χ3v) is 1.32. The summed E-state index contributed by atoms with van der Waals surface area (Å²) in [5.41, 5.74) is 0.748. The molecule has 0 saturated heterocycles. The van der Waals surface area contributed by atoms with E-state index in [9.17, 15) is 0 Å². The van der Waals surface area contributed by atoms with Crippen LogP contribution in [0.15, 0.2) is 18.3 Å². The first-order valence-corrected chi connectivity index (χ1v) is 3.66. The van der Waals surface area contributed by atoms with Gasteiger partial charge < -0.3 is 14.9 Å². The molecule has 4 nitrogen and oxygen atoms in total. The third-order valence-electron chi connectivity index (χ3n) is 1.32. The zero-order valence-corrected chi connectivity index (χ0v) is 6.60. The average molecular weight is 169 g/mol. The largest absolute Gasteiger partial charge is 0.475 e. The van der Waals surface area contributed by atoms with Crippen LogP contribution in [0, 0.1) is 0 Å². The highest BCUT2D eigenvalue weighted by atomic mass is 16.5. The number of aliphatic hydroxyl groups excluding tert-OH is 2. The Hall–Kier alpha value is -1.13. The van der Waals surface area contributed by atoms with Crippen LogP contribution in [0.1, 0.15) is 5.56 Å². The van der Waals surface area contributed by atoms with E-state index < -0.39 is 0 Å². The van der Waals surface area contributed by atoms with E-state index >= 15 is 0 Å². The van der Waals surface area contributed by atoms with E-state index in [2.05, 4.69) is 4.98 Å². The molecule has 1 heterocycles. The summed E-state index contributed by atoms with van der Waals surface area (Å²) >= 11 is 0. The lowest BCUT2D eigenvalue weighted by Gasteiger charge is -2.03. The number of hydrogen-bond donors (Lipinski definition) is 2. The Morgan fingerprint density at radius 1 is 1.42 bits per heavy atom. The SMILES string of the molecule is OCCOc1cc(CO)ccn1. The van der Waals surface area contributed by atoms with Gasteiger partial charge in [-0.15, -0.1) is 0 Å². The van der Waals surface area contributed by atoms with Gasteiger partial charge in [-0.05, 0) is 11.6 Å². The lowest BCUT2D eigenvalue weighted by atomic mass is 10.3. The van der Waals surface area contributed by atoms with Gasteiger partial charge in [-0.2, -0.15) is 0 Å². The molecule has 1 aromatic heterocycles. The highest BCUT2D eigenvalue weighted by Crippen LogP contribution is 2.08. The van der Waals surface area contributed by atoms with E-state index in [0.29, 0.717) is 5.88 Å². The third kappa shape index (κ3) is 2.48. The summed E-state index contributed by atoms with van der Waals surface area (Å²) in [4.78, 5) is 3.88. The first kappa shape index (κ1) is 8.96. The second-order valence-corrected chi connectivity index (χ2v) is 2.23. The molecule has 1 aromatic rings. The van der Waals surface area contributed by atoms with Crippen molar-refractivity contribution in [3.8, 4) is 5.88 Å². The first-order valence-electron chi connectivity index (χ1n) is 3.66. The molecule has 66 valence electrons. The van der Waals surface area contributed by atoms with E-state index in [1.807, 2.05) is 0 Å². The van der Waals surface area contributed by atoms with Crippen LogP contribution in [0.3, 0.4) is 0 Å². The second-order valence-electron chi connectivity index (χ2n) is 2.23. The molecule has 12 heavy (non-hydrogen) atoms. The van der Waals surface area contributed by atoms with E-state index in [0.717, 1.165) is 5.56 Å². The smallest absolute Gasteiger partial charge is 0.213 e. The van der Waals surface area contributed by atoms with Gasteiger partial charge >= 0.3 is 0 Å². The molecule has 2 N–H and O–H groups in total. The molecule has 0 aromatic carbocycles. The normalized spacial score (nSPS) is 9.83. The molecular formula is C8H11NO3. The van der Waals surface area contributed by atoms with Gasteiger partial charge in [-0.25, -0.2) is 4.98 Å². The van der Waals surface area contributed by atoms with Crippen LogP contribution >= 0.6 is 0 Å². The van der Waals surface area contributed by atoms with Crippen molar-refractivity contribution >= 4 is 0 Å². The molecule has 1 rings (SSSR count). The van der Waals surface area contributed by atoms with Crippen molar-refractivity contribution in [2.75, 3.05) is 13.2 Å². The van der Waals surface area contributed by atoms with E-state index in [-0.39, 0.29) is 19.8 Å². The predicted molar refractivity (Wildman–Crippen MR) is 42.7 cm³/mol. The van der Waals surface area contributed by atoms with E-state index in [1.54, 1.807) is 18.3 Å². The number of rotatable bonds is 4. The number of ether oxygens (including phenoxy) is 1. The Morgan fingerprint density at radius 2 is 2.25 bits per heavy atom. The minimum absolute atomic E-state index is 0.0298. The van der Waals surface area contributed by atoms with E-state index in [4.69, 9.17) is 14.9 Å². The summed E-state index contributed by atoms with van der Waals surface area (Å²) in [6.07, 6.45) is 1.55. The molecule has 0 bridgehead atoms. The molecule has 0 amide bonds. The van der Waals surface area contributed by atoms with Crippen LogP contribution in [0.5, 0.6) is 5.88 Å². The van der Waals surface area contributed by atoms with Crippen LogP contribution in [-0.4, -0.2) is 28.4 Å². The predicted octanol–water partition coefficient (Wildman–Crippen LogP) is -0.0550. The van der Waals surface area contributed by atoms with Crippen LogP contribution in [-0.2, 0) is 6.61 Å². The Kier molecular flexibility index (Phi) is 3.50. The van der Waals surface area contributed by atoms with Crippen molar-refractivity contribution in [1.29, 1.82) is 0 Å². The van der Waals surface area contributed by atoms with Gasteiger partial charge in [0, 0.05) is 12.3 Å². The number of aromatic nitrogens is 1. The van der Waals surface area contributed by atoms with Gasteiger partial charge in [0.2, 0.25) is 5.88 Å². The molecule has 0 unspecified atom stereocenters. The molecular weight excluding hydrogens is 158 g/mol. The molecule has 0 fully saturated rings. The lowest BCUT2D eigenvalue weighted by molar-refractivity contribution is 0.196. The molecule has 0 saturated carbocycles. The number of pyridine rings is 1. The summed E-state index contributed by atoms with van der Waals surface area (Å²) in [5, 5.41) is 17.2. The fraction of sp³-hybridized carbons (Fsp3) is 0.375. The topological polar surface area (TPSA) is 62.6 Å². The van der Waals surface area contributed by atoms with Crippen molar-refractivity contribution in [2.24, 2.45) is 0 Å². The molecule has 0 aliphatic heterocycles. The van der Waals surface area contributed by atoms with Crippen LogP contribution in [0.25, 0.3) is 0 Å². The lowest BCUT2D eigenvalue weighted by Crippen LogP contribution is -2.03. The number of aliphatic hydroxyl groups is 2. The molecule has 0 aliphatic carbocycles. The van der Waals surface area contributed by atoms with Crippen molar-refractivity contribution in [3.63, 3.8) is 0 Å². The Balaban J connectivity index is 2.60. The van der Waals surface area contributed by atoms with Crippen LogP contribution < -0.4 is 4.74 Å². The van der Waals surface area contributed by atoms with Crippen molar-refractivity contribution in [2.45, 2.75) is 6.61 Å².